The van der Waals surface area contributed by atoms with Gasteiger partial charge in [-0.2, -0.15) is 0 Å². The van der Waals surface area contributed by atoms with Crippen LogP contribution in [0.2, 0.25) is 0 Å². The van der Waals surface area contributed by atoms with E-state index in [4.69, 9.17) is 5.73 Å². The van der Waals surface area contributed by atoms with Gasteiger partial charge < -0.3 is 5.73 Å². The molecule has 18 heavy (non-hydrogen) atoms. The summed E-state index contributed by atoms with van der Waals surface area (Å²) in [4.78, 5) is 12.1. The maximum Gasteiger partial charge on any atom is 0.228 e. The third-order valence-corrected chi connectivity index (χ3v) is 4.36. The van der Waals surface area contributed by atoms with Crippen molar-refractivity contribution < 1.29 is 9.18 Å². The molecule has 0 heterocycles. The summed E-state index contributed by atoms with van der Waals surface area (Å²) in [5.41, 5.74) is 5.99. The first kappa shape index (κ1) is 13.1. The highest BCUT2D eigenvalue weighted by atomic mass is 19.1. The molecule has 0 aromatic heterocycles. The molecule has 1 aliphatic carbocycles. The molecule has 2 rings (SSSR count). The van der Waals surface area contributed by atoms with Crippen LogP contribution in [0.4, 0.5) is 4.39 Å². The summed E-state index contributed by atoms with van der Waals surface area (Å²) < 4.78 is 13.0. The van der Waals surface area contributed by atoms with E-state index < -0.39 is 5.41 Å². The van der Waals surface area contributed by atoms with Gasteiger partial charge in [0.15, 0.2) is 0 Å². The molecule has 1 saturated carbocycles. The Balaban J connectivity index is 2.48. The zero-order valence-corrected chi connectivity index (χ0v) is 10.8. The highest BCUT2D eigenvalue weighted by Gasteiger charge is 2.46. The van der Waals surface area contributed by atoms with Gasteiger partial charge in [0, 0.05) is 0 Å². The average Bonchev–Trinajstić information content (AvgIpc) is 2.39. The van der Waals surface area contributed by atoms with Crippen LogP contribution in [0, 0.1) is 11.7 Å². The fourth-order valence-electron chi connectivity index (χ4n) is 3.39. The van der Waals surface area contributed by atoms with Gasteiger partial charge >= 0.3 is 0 Å². The molecular weight excluding hydrogens is 229 g/mol. The minimum Gasteiger partial charge on any atom is -0.369 e. The van der Waals surface area contributed by atoms with Gasteiger partial charge in [-0.25, -0.2) is 4.39 Å². The highest BCUT2D eigenvalue weighted by Crippen LogP contribution is 2.45. The maximum atomic E-state index is 13.0. The van der Waals surface area contributed by atoms with Crippen molar-refractivity contribution in [3.05, 3.63) is 35.6 Å². The minimum absolute atomic E-state index is 0.263. The standard InChI is InChI=1S/C15H20FNO/c1-2-11-5-3-4-10-15(11,14(17)18)12-6-8-13(16)9-7-12/h6-9,11H,2-5,10H2,1H3,(H2,17,18). The van der Waals surface area contributed by atoms with Crippen molar-refractivity contribution >= 4 is 5.91 Å². The van der Waals surface area contributed by atoms with E-state index in [1.165, 1.54) is 12.1 Å². The third kappa shape index (κ3) is 2.02. The third-order valence-electron chi connectivity index (χ3n) is 4.36. The van der Waals surface area contributed by atoms with Crippen LogP contribution < -0.4 is 5.73 Å². The van der Waals surface area contributed by atoms with Gasteiger partial charge in [-0.05, 0) is 36.5 Å². The second kappa shape index (κ2) is 5.09. The molecule has 0 spiro atoms. The first-order chi connectivity index (χ1) is 8.61. The molecular formula is C15H20FNO. The Kier molecular flexibility index (Phi) is 3.69. The number of hydrogen-bond donors (Lipinski definition) is 1. The van der Waals surface area contributed by atoms with Crippen LogP contribution in [0.3, 0.4) is 0 Å². The topological polar surface area (TPSA) is 43.1 Å². The number of hydrogen-bond acceptors (Lipinski definition) is 1. The predicted octanol–water partition coefficient (Wildman–Crippen LogP) is 3.15. The van der Waals surface area contributed by atoms with E-state index >= 15 is 0 Å². The SMILES string of the molecule is CCC1CCCCC1(C(N)=O)c1ccc(F)cc1. The van der Waals surface area contributed by atoms with Gasteiger partial charge in [-0.15, -0.1) is 0 Å². The Morgan fingerprint density at radius 2 is 2.06 bits per heavy atom. The summed E-state index contributed by atoms with van der Waals surface area (Å²) >= 11 is 0. The lowest BCUT2D eigenvalue weighted by molar-refractivity contribution is -0.127. The smallest absolute Gasteiger partial charge is 0.228 e. The fourth-order valence-corrected chi connectivity index (χ4v) is 3.39. The van der Waals surface area contributed by atoms with Crippen LogP contribution >= 0.6 is 0 Å². The van der Waals surface area contributed by atoms with E-state index in [1.807, 2.05) is 0 Å². The van der Waals surface area contributed by atoms with E-state index in [0.717, 1.165) is 37.7 Å². The molecule has 0 saturated heterocycles. The molecule has 1 aliphatic rings. The number of nitrogens with two attached hydrogens (primary N) is 1. The summed E-state index contributed by atoms with van der Waals surface area (Å²) in [5.74, 6) is -0.267. The summed E-state index contributed by atoms with van der Waals surface area (Å²) in [7, 11) is 0. The number of amides is 1. The van der Waals surface area contributed by atoms with E-state index in [1.54, 1.807) is 12.1 Å². The molecule has 1 fully saturated rings. The van der Waals surface area contributed by atoms with Crippen LogP contribution in [0.25, 0.3) is 0 Å². The molecule has 1 amide bonds. The van der Waals surface area contributed by atoms with Crippen LogP contribution in [0.5, 0.6) is 0 Å². The van der Waals surface area contributed by atoms with Gasteiger partial charge in [0.2, 0.25) is 5.91 Å². The van der Waals surface area contributed by atoms with Gasteiger partial charge in [0.05, 0.1) is 5.41 Å². The van der Waals surface area contributed by atoms with Crippen molar-refractivity contribution in [2.45, 2.75) is 44.4 Å². The molecule has 2 N–H and O–H groups in total. The van der Waals surface area contributed by atoms with Crippen molar-refractivity contribution in [2.24, 2.45) is 11.7 Å². The lowest BCUT2D eigenvalue weighted by Gasteiger charge is -2.42. The van der Waals surface area contributed by atoms with Gasteiger partial charge in [0.1, 0.15) is 5.82 Å². The number of primary amides is 1. The minimum atomic E-state index is -0.597. The second-order valence-electron chi connectivity index (χ2n) is 5.19. The van der Waals surface area contributed by atoms with Crippen LogP contribution in [0.15, 0.2) is 24.3 Å². The summed E-state index contributed by atoms with van der Waals surface area (Å²) in [6.07, 6.45) is 4.90. The normalized spacial score (nSPS) is 28.0. The number of halogens is 1. The Morgan fingerprint density at radius 1 is 1.39 bits per heavy atom. The predicted molar refractivity (Wildman–Crippen MR) is 69.5 cm³/mol. The summed E-state index contributed by atoms with van der Waals surface area (Å²) in [6, 6.07) is 6.27. The van der Waals surface area contributed by atoms with Crippen molar-refractivity contribution in [3.63, 3.8) is 0 Å². The molecule has 0 radical (unpaired) electrons. The Morgan fingerprint density at radius 3 is 2.61 bits per heavy atom. The Bertz CT molecular complexity index is 429. The van der Waals surface area contributed by atoms with E-state index in [0.29, 0.717) is 0 Å². The largest absolute Gasteiger partial charge is 0.369 e. The van der Waals surface area contributed by atoms with Crippen LogP contribution in [-0.4, -0.2) is 5.91 Å². The number of benzene rings is 1. The first-order valence-corrected chi connectivity index (χ1v) is 6.67. The van der Waals surface area contributed by atoms with Gasteiger partial charge in [0.25, 0.3) is 0 Å². The van der Waals surface area contributed by atoms with Gasteiger partial charge in [-0.1, -0.05) is 38.3 Å². The molecule has 2 nitrogen and oxygen atoms in total. The zero-order chi connectivity index (χ0) is 13.2. The molecule has 1 aromatic rings. The zero-order valence-electron chi connectivity index (χ0n) is 10.8. The van der Waals surface area contributed by atoms with E-state index in [-0.39, 0.29) is 17.6 Å². The highest BCUT2D eigenvalue weighted by molar-refractivity contribution is 5.87. The number of carbonyl (C=O) groups is 1. The van der Waals surface area contributed by atoms with Gasteiger partial charge in [-0.3, -0.25) is 4.79 Å². The summed E-state index contributed by atoms with van der Waals surface area (Å²) in [6.45, 7) is 2.09. The lowest BCUT2D eigenvalue weighted by Crippen LogP contribution is -2.48. The molecule has 0 bridgehead atoms. The van der Waals surface area contributed by atoms with Crippen molar-refractivity contribution in [1.82, 2.24) is 0 Å². The second-order valence-corrected chi connectivity index (χ2v) is 5.19. The first-order valence-electron chi connectivity index (χ1n) is 6.67. The molecule has 98 valence electrons. The molecule has 0 aliphatic heterocycles. The van der Waals surface area contributed by atoms with Crippen LogP contribution in [0.1, 0.15) is 44.6 Å². The van der Waals surface area contributed by atoms with E-state index in [2.05, 4.69) is 6.92 Å². The average molecular weight is 249 g/mol. The Hall–Kier alpha value is -1.38. The monoisotopic (exact) mass is 249 g/mol. The maximum absolute atomic E-state index is 13.0. The Labute approximate surface area is 107 Å². The number of rotatable bonds is 3. The van der Waals surface area contributed by atoms with Crippen LogP contribution in [-0.2, 0) is 10.2 Å². The molecule has 1 aromatic carbocycles. The lowest BCUT2D eigenvalue weighted by atomic mass is 9.61. The quantitative estimate of drug-likeness (QED) is 0.878. The van der Waals surface area contributed by atoms with Crippen molar-refractivity contribution in [1.29, 1.82) is 0 Å². The van der Waals surface area contributed by atoms with Crippen molar-refractivity contribution in [2.75, 3.05) is 0 Å². The number of carbonyl (C=O) groups excluding carboxylic acids is 1. The molecule has 2 unspecified atom stereocenters. The molecule has 2 atom stereocenters. The van der Waals surface area contributed by atoms with E-state index in [9.17, 15) is 9.18 Å². The molecule has 3 heteroatoms. The van der Waals surface area contributed by atoms with Crippen molar-refractivity contribution in [3.8, 4) is 0 Å². The summed E-state index contributed by atoms with van der Waals surface area (Å²) in [5, 5.41) is 0. The fraction of sp³-hybridized carbons (Fsp3) is 0.533.